The highest BCUT2D eigenvalue weighted by molar-refractivity contribution is 7.12. The zero-order chi connectivity index (χ0) is 13.0. The number of thiophene rings is 1. The van der Waals surface area contributed by atoms with E-state index in [0.717, 1.165) is 18.5 Å². The van der Waals surface area contributed by atoms with Gasteiger partial charge in [-0.05, 0) is 56.6 Å². The maximum atomic E-state index is 13.0. The molecular weight excluding hydrogens is 245 g/mol. The van der Waals surface area contributed by atoms with Gasteiger partial charge in [0, 0.05) is 15.8 Å². The molecule has 0 aliphatic heterocycles. The van der Waals surface area contributed by atoms with E-state index in [0.29, 0.717) is 6.04 Å². The number of nitrogens with one attached hydrogen (secondary N) is 1. The Bertz CT molecular complexity index is 507. The van der Waals surface area contributed by atoms with Gasteiger partial charge in [0.15, 0.2) is 0 Å². The summed E-state index contributed by atoms with van der Waals surface area (Å²) in [7, 11) is 0. The zero-order valence-electron chi connectivity index (χ0n) is 10.7. The normalized spacial score (nSPS) is 12.6. The van der Waals surface area contributed by atoms with Gasteiger partial charge in [0.25, 0.3) is 0 Å². The second kappa shape index (κ2) is 6.12. The summed E-state index contributed by atoms with van der Waals surface area (Å²) in [5.41, 5.74) is 1.04. The van der Waals surface area contributed by atoms with E-state index in [1.54, 1.807) is 12.1 Å². The van der Waals surface area contributed by atoms with Gasteiger partial charge < -0.3 is 5.32 Å². The first-order valence-electron chi connectivity index (χ1n) is 6.19. The van der Waals surface area contributed by atoms with Crippen molar-refractivity contribution < 1.29 is 4.39 Å². The molecule has 2 aromatic rings. The first kappa shape index (κ1) is 13.2. The molecule has 0 fully saturated rings. The van der Waals surface area contributed by atoms with Crippen molar-refractivity contribution in [3.8, 4) is 0 Å². The first-order valence-corrected chi connectivity index (χ1v) is 7.01. The van der Waals surface area contributed by atoms with E-state index in [9.17, 15) is 4.39 Å². The molecule has 0 saturated carbocycles. The largest absolute Gasteiger partial charge is 0.309 e. The van der Waals surface area contributed by atoms with Gasteiger partial charge in [-0.25, -0.2) is 4.39 Å². The molecule has 0 radical (unpaired) electrons. The molecule has 0 spiro atoms. The summed E-state index contributed by atoms with van der Waals surface area (Å²) < 4.78 is 13.0. The number of hydrogen-bond acceptors (Lipinski definition) is 2. The third-order valence-electron chi connectivity index (χ3n) is 2.94. The SMILES string of the molecule is Cc1ccc(C(C)NCCc2cccc(F)c2)s1. The summed E-state index contributed by atoms with van der Waals surface area (Å²) >= 11 is 1.82. The molecule has 1 aromatic heterocycles. The molecule has 0 bridgehead atoms. The molecule has 0 aliphatic rings. The Morgan fingerprint density at radius 3 is 2.78 bits per heavy atom. The van der Waals surface area contributed by atoms with Crippen molar-refractivity contribution in [3.05, 3.63) is 57.5 Å². The van der Waals surface area contributed by atoms with Crippen molar-refractivity contribution in [3.63, 3.8) is 0 Å². The molecule has 2 rings (SSSR count). The minimum Gasteiger partial charge on any atom is -0.309 e. The molecular formula is C15H18FNS. The highest BCUT2D eigenvalue weighted by Crippen LogP contribution is 2.22. The third kappa shape index (κ3) is 3.65. The van der Waals surface area contributed by atoms with Crippen molar-refractivity contribution in [2.24, 2.45) is 0 Å². The summed E-state index contributed by atoms with van der Waals surface area (Å²) in [6.07, 6.45) is 0.854. The molecule has 3 heteroatoms. The molecule has 1 nitrogen and oxygen atoms in total. The topological polar surface area (TPSA) is 12.0 Å². The molecule has 1 atom stereocenters. The quantitative estimate of drug-likeness (QED) is 0.856. The van der Waals surface area contributed by atoms with E-state index in [4.69, 9.17) is 0 Å². The molecule has 1 aromatic carbocycles. The molecule has 18 heavy (non-hydrogen) atoms. The standard InChI is InChI=1S/C15H18FNS/c1-11-6-7-15(18-11)12(2)17-9-8-13-4-3-5-14(16)10-13/h3-7,10,12,17H,8-9H2,1-2H3. The molecule has 96 valence electrons. The lowest BCUT2D eigenvalue weighted by atomic mass is 10.1. The van der Waals surface area contributed by atoms with Crippen LogP contribution in [0.2, 0.25) is 0 Å². The van der Waals surface area contributed by atoms with Crippen LogP contribution in [0.4, 0.5) is 4.39 Å². The number of aryl methyl sites for hydroxylation is 1. The average molecular weight is 263 g/mol. The fourth-order valence-corrected chi connectivity index (χ4v) is 2.82. The van der Waals surface area contributed by atoms with E-state index >= 15 is 0 Å². The van der Waals surface area contributed by atoms with E-state index in [1.165, 1.54) is 15.8 Å². The number of rotatable bonds is 5. The van der Waals surface area contributed by atoms with Crippen LogP contribution in [0.15, 0.2) is 36.4 Å². The molecule has 1 unspecified atom stereocenters. The van der Waals surface area contributed by atoms with Crippen molar-refractivity contribution >= 4 is 11.3 Å². The van der Waals surface area contributed by atoms with Crippen molar-refractivity contribution in [1.29, 1.82) is 0 Å². The van der Waals surface area contributed by atoms with Crippen LogP contribution >= 0.6 is 11.3 Å². The maximum Gasteiger partial charge on any atom is 0.123 e. The smallest absolute Gasteiger partial charge is 0.123 e. The Hall–Kier alpha value is -1.19. The predicted octanol–water partition coefficient (Wildman–Crippen LogP) is 4.09. The van der Waals surface area contributed by atoms with Gasteiger partial charge in [0.1, 0.15) is 5.82 Å². The van der Waals surface area contributed by atoms with Crippen LogP contribution in [0.1, 0.15) is 28.3 Å². The van der Waals surface area contributed by atoms with Gasteiger partial charge in [-0.2, -0.15) is 0 Å². The van der Waals surface area contributed by atoms with Crippen LogP contribution in [-0.4, -0.2) is 6.54 Å². The van der Waals surface area contributed by atoms with Gasteiger partial charge in [-0.1, -0.05) is 12.1 Å². The van der Waals surface area contributed by atoms with E-state index in [-0.39, 0.29) is 5.82 Å². The highest BCUT2D eigenvalue weighted by Gasteiger charge is 2.06. The van der Waals surface area contributed by atoms with E-state index in [2.05, 4.69) is 31.3 Å². The van der Waals surface area contributed by atoms with Crippen LogP contribution in [-0.2, 0) is 6.42 Å². The van der Waals surface area contributed by atoms with Gasteiger partial charge in [-0.15, -0.1) is 11.3 Å². The van der Waals surface area contributed by atoms with Crippen LogP contribution in [0.5, 0.6) is 0 Å². The summed E-state index contributed by atoms with van der Waals surface area (Å²) in [5.74, 6) is -0.158. The Kier molecular flexibility index (Phi) is 4.50. The van der Waals surface area contributed by atoms with Crippen molar-refractivity contribution in [2.45, 2.75) is 26.3 Å². The lowest BCUT2D eigenvalue weighted by molar-refractivity contribution is 0.581. The molecule has 0 saturated heterocycles. The molecule has 0 amide bonds. The van der Waals surface area contributed by atoms with Gasteiger partial charge in [-0.3, -0.25) is 0 Å². The predicted molar refractivity (Wildman–Crippen MR) is 75.6 cm³/mol. The minimum atomic E-state index is -0.158. The molecule has 1 N–H and O–H groups in total. The monoisotopic (exact) mass is 263 g/mol. The van der Waals surface area contributed by atoms with Gasteiger partial charge >= 0.3 is 0 Å². The third-order valence-corrected chi connectivity index (χ3v) is 4.12. The second-order valence-electron chi connectivity index (χ2n) is 4.50. The Morgan fingerprint density at radius 2 is 2.11 bits per heavy atom. The fourth-order valence-electron chi connectivity index (χ4n) is 1.91. The lowest BCUT2D eigenvalue weighted by Crippen LogP contribution is -2.20. The minimum absolute atomic E-state index is 0.158. The summed E-state index contributed by atoms with van der Waals surface area (Å²) in [6.45, 7) is 5.14. The van der Waals surface area contributed by atoms with Crippen LogP contribution < -0.4 is 5.32 Å². The Balaban J connectivity index is 1.82. The number of halogens is 1. The van der Waals surface area contributed by atoms with Gasteiger partial charge in [0.2, 0.25) is 0 Å². The highest BCUT2D eigenvalue weighted by atomic mass is 32.1. The average Bonchev–Trinajstić information content (AvgIpc) is 2.76. The fraction of sp³-hybridized carbons (Fsp3) is 0.333. The zero-order valence-corrected chi connectivity index (χ0v) is 11.6. The number of benzene rings is 1. The molecule has 1 heterocycles. The Labute approximate surface area is 112 Å². The van der Waals surface area contributed by atoms with Crippen LogP contribution in [0, 0.1) is 12.7 Å². The van der Waals surface area contributed by atoms with Crippen molar-refractivity contribution in [2.75, 3.05) is 6.54 Å². The van der Waals surface area contributed by atoms with E-state index in [1.807, 2.05) is 17.4 Å². The Morgan fingerprint density at radius 1 is 1.28 bits per heavy atom. The summed E-state index contributed by atoms with van der Waals surface area (Å²) in [4.78, 5) is 2.69. The van der Waals surface area contributed by atoms with Crippen LogP contribution in [0.3, 0.4) is 0 Å². The lowest BCUT2D eigenvalue weighted by Gasteiger charge is -2.12. The number of hydrogen-bond donors (Lipinski definition) is 1. The van der Waals surface area contributed by atoms with Crippen molar-refractivity contribution in [1.82, 2.24) is 5.32 Å². The summed E-state index contributed by atoms with van der Waals surface area (Å²) in [6, 6.07) is 11.5. The second-order valence-corrected chi connectivity index (χ2v) is 5.82. The molecule has 0 aliphatic carbocycles. The van der Waals surface area contributed by atoms with Crippen LogP contribution in [0.25, 0.3) is 0 Å². The van der Waals surface area contributed by atoms with E-state index < -0.39 is 0 Å². The van der Waals surface area contributed by atoms with Gasteiger partial charge in [0.05, 0.1) is 0 Å². The maximum absolute atomic E-state index is 13.0. The first-order chi connectivity index (χ1) is 8.65. The summed E-state index contributed by atoms with van der Waals surface area (Å²) in [5, 5.41) is 3.47.